The Labute approximate surface area is 116 Å². The molecule has 1 rings (SSSR count). The van der Waals surface area contributed by atoms with E-state index in [0.717, 1.165) is 6.20 Å². The summed E-state index contributed by atoms with van der Waals surface area (Å²) < 4.78 is 48.1. The largest absolute Gasteiger partial charge is 0.486 e. The minimum atomic E-state index is -4.88. The zero-order valence-corrected chi connectivity index (χ0v) is 10.9. The van der Waals surface area contributed by atoms with Gasteiger partial charge in [-0.15, -0.1) is 0 Å². The number of carboxylic acid groups (broad SMARTS) is 1. The number of aliphatic carboxylic acids is 1. The lowest BCUT2D eigenvalue weighted by molar-refractivity contribution is -0.141. The van der Waals surface area contributed by atoms with Crippen LogP contribution in [0.2, 0.25) is 0 Å². The molecule has 1 aromatic rings. The molecule has 10 heteroatoms. The number of aromatic amines is 1. The molecule has 0 aromatic carbocycles. The van der Waals surface area contributed by atoms with E-state index < -0.39 is 35.1 Å². The van der Waals surface area contributed by atoms with E-state index in [2.05, 4.69) is 5.10 Å². The highest BCUT2D eigenvalue weighted by Gasteiger charge is 2.38. The van der Waals surface area contributed by atoms with Gasteiger partial charge < -0.3 is 14.6 Å². The fraction of sp³-hybridized carbons (Fsp3) is 0.545. The summed E-state index contributed by atoms with van der Waals surface area (Å²) in [5.74, 6) is -1.76. The van der Waals surface area contributed by atoms with E-state index in [0.29, 0.717) is 0 Å². The van der Waals surface area contributed by atoms with Crippen LogP contribution in [0, 0.1) is 0 Å². The van der Waals surface area contributed by atoms with Gasteiger partial charge >= 0.3 is 12.1 Å². The molecule has 0 saturated heterocycles. The summed E-state index contributed by atoms with van der Waals surface area (Å²) in [7, 11) is 0. The molecule has 1 heterocycles. The lowest BCUT2D eigenvalue weighted by Crippen LogP contribution is -2.27. The Morgan fingerprint density at radius 3 is 2.76 bits per heavy atom. The number of alkyl halides is 3. The third kappa shape index (κ3) is 5.42. The van der Waals surface area contributed by atoms with Gasteiger partial charge in [0, 0.05) is 0 Å². The van der Waals surface area contributed by atoms with Crippen molar-refractivity contribution < 1.29 is 32.5 Å². The van der Waals surface area contributed by atoms with Gasteiger partial charge in [0.25, 0.3) is 5.56 Å². The van der Waals surface area contributed by atoms with Crippen LogP contribution in [0.25, 0.3) is 0 Å². The molecular formula is C11H13F3N2O5. The Bertz CT molecular complexity index is 543. The minimum absolute atomic E-state index is 0.0945. The molecule has 0 spiro atoms. The number of ether oxygens (including phenoxy) is 2. The molecule has 0 aliphatic rings. The molecule has 0 fully saturated rings. The van der Waals surface area contributed by atoms with Crippen LogP contribution in [0.3, 0.4) is 0 Å². The Balaban J connectivity index is 2.68. The summed E-state index contributed by atoms with van der Waals surface area (Å²) in [5, 5.41) is 13.3. The first kappa shape index (κ1) is 17.0. The molecule has 1 aromatic heterocycles. The average molecular weight is 310 g/mol. The average Bonchev–Trinajstić information content (AvgIpc) is 2.32. The number of carbonyl (C=O) groups is 1. The normalized spacial score (nSPS) is 13.0. The van der Waals surface area contributed by atoms with Crippen LogP contribution < -0.4 is 10.3 Å². The van der Waals surface area contributed by atoms with Crippen molar-refractivity contribution in [1.29, 1.82) is 0 Å². The molecule has 21 heavy (non-hydrogen) atoms. The molecule has 7 nitrogen and oxygen atoms in total. The smallest absolute Gasteiger partial charge is 0.425 e. The molecule has 0 aliphatic heterocycles. The predicted molar refractivity (Wildman–Crippen MR) is 63.0 cm³/mol. The van der Waals surface area contributed by atoms with Gasteiger partial charge in [0.05, 0.1) is 25.8 Å². The first-order valence-corrected chi connectivity index (χ1v) is 5.83. The number of hydrogen-bond donors (Lipinski definition) is 2. The second-order valence-corrected chi connectivity index (χ2v) is 4.08. The highest BCUT2D eigenvalue weighted by atomic mass is 19.4. The number of H-pyrrole nitrogens is 1. The maximum atomic E-state index is 12.7. The van der Waals surface area contributed by atoms with Crippen molar-refractivity contribution in [2.45, 2.75) is 25.6 Å². The number of carboxylic acids is 1. The summed E-state index contributed by atoms with van der Waals surface area (Å²) in [6, 6.07) is 0. The molecule has 0 amide bonds. The van der Waals surface area contributed by atoms with Gasteiger partial charge in [-0.25, -0.2) is 5.10 Å². The van der Waals surface area contributed by atoms with E-state index >= 15 is 0 Å². The van der Waals surface area contributed by atoms with Gasteiger partial charge in [0.1, 0.15) is 6.10 Å². The third-order valence-corrected chi connectivity index (χ3v) is 2.25. The Hall–Kier alpha value is -2.10. The van der Waals surface area contributed by atoms with E-state index in [-0.39, 0.29) is 19.6 Å². The first-order valence-electron chi connectivity index (χ1n) is 5.83. The quantitative estimate of drug-likeness (QED) is 0.730. The highest BCUT2D eigenvalue weighted by molar-refractivity contribution is 5.66. The topological polar surface area (TPSA) is 102 Å². The van der Waals surface area contributed by atoms with E-state index in [9.17, 15) is 22.8 Å². The fourth-order valence-corrected chi connectivity index (χ4v) is 1.40. The first-order chi connectivity index (χ1) is 9.71. The fourth-order valence-electron chi connectivity index (χ4n) is 1.40. The maximum Gasteiger partial charge on any atom is 0.425 e. The number of nitrogens with one attached hydrogen (secondary N) is 1. The molecule has 0 aliphatic carbocycles. The number of hydrogen-bond acceptors (Lipinski definition) is 5. The summed E-state index contributed by atoms with van der Waals surface area (Å²) in [6.07, 6.45) is -5.18. The summed E-state index contributed by atoms with van der Waals surface area (Å²) in [4.78, 5) is 21.4. The Kier molecular flexibility index (Phi) is 5.70. The Morgan fingerprint density at radius 2 is 2.19 bits per heavy atom. The summed E-state index contributed by atoms with van der Waals surface area (Å²) >= 11 is 0. The van der Waals surface area contributed by atoms with Crippen molar-refractivity contribution in [3.63, 3.8) is 0 Å². The monoisotopic (exact) mass is 310 g/mol. The molecule has 1 atom stereocenters. The van der Waals surface area contributed by atoms with Gasteiger partial charge in [0.15, 0.2) is 11.3 Å². The number of rotatable bonds is 7. The molecule has 1 unspecified atom stereocenters. The van der Waals surface area contributed by atoms with Gasteiger partial charge in [-0.2, -0.15) is 18.3 Å². The second-order valence-electron chi connectivity index (χ2n) is 4.08. The van der Waals surface area contributed by atoms with Crippen LogP contribution in [-0.2, 0) is 15.7 Å². The molecular weight excluding hydrogens is 297 g/mol. The van der Waals surface area contributed by atoms with Crippen LogP contribution in [0.15, 0.2) is 11.0 Å². The zero-order valence-electron chi connectivity index (χ0n) is 10.9. The van der Waals surface area contributed by atoms with Crippen LogP contribution in [-0.4, -0.2) is 40.6 Å². The third-order valence-electron chi connectivity index (χ3n) is 2.25. The lowest BCUT2D eigenvalue weighted by atomic mass is 10.2. The minimum Gasteiger partial charge on any atom is -0.486 e. The summed E-state index contributed by atoms with van der Waals surface area (Å²) in [6.45, 7) is 1.20. The van der Waals surface area contributed by atoms with Crippen molar-refractivity contribution in [2.24, 2.45) is 0 Å². The van der Waals surface area contributed by atoms with Gasteiger partial charge in [0.2, 0.25) is 0 Å². The van der Waals surface area contributed by atoms with E-state index in [1.807, 2.05) is 0 Å². The van der Waals surface area contributed by atoms with Crippen molar-refractivity contribution in [3.8, 4) is 5.75 Å². The summed E-state index contributed by atoms with van der Waals surface area (Å²) in [5.41, 5.74) is -2.88. The van der Waals surface area contributed by atoms with Crippen LogP contribution in [0.1, 0.15) is 18.9 Å². The number of aromatic nitrogens is 2. The van der Waals surface area contributed by atoms with E-state index in [1.54, 1.807) is 5.10 Å². The lowest BCUT2D eigenvalue weighted by Gasteiger charge is -2.17. The van der Waals surface area contributed by atoms with Gasteiger partial charge in [-0.05, 0) is 6.92 Å². The molecule has 118 valence electrons. The number of halogens is 3. The van der Waals surface area contributed by atoms with Gasteiger partial charge in [-0.1, -0.05) is 0 Å². The molecule has 0 bridgehead atoms. The molecule has 2 N–H and O–H groups in total. The van der Waals surface area contributed by atoms with E-state index in [1.165, 1.54) is 6.92 Å². The zero-order chi connectivity index (χ0) is 16.0. The van der Waals surface area contributed by atoms with Crippen LogP contribution >= 0.6 is 0 Å². The maximum absolute atomic E-state index is 12.7. The standard InChI is InChI=1S/C11H13F3N2O5/c1-6(5-20-3-2-8(17)18)21-7-4-15-16-10(19)9(7)11(12,13)14/h4,6H,2-3,5H2,1H3,(H,16,19)(H,17,18). The van der Waals surface area contributed by atoms with Crippen molar-refractivity contribution in [3.05, 3.63) is 22.1 Å². The van der Waals surface area contributed by atoms with Crippen molar-refractivity contribution in [1.82, 2.24) is 10.2 Å². The van der Waals surface area contributed by atoms with Gasteiger partial charge in [-0.3, -0.25) is 9.59 Å². The van der Waals surface area contributed by atoms with E-state index in [4.69, 9.17) is 14.6 Å². The number of nitrogens with zero attached hydrogens (tertiary/aromatic N) is 1. The second kappa shape index (κ2) is 7.07. The van der Waals surface area contributed by atoms with Crippen LogP contribution in [0.5, 0.6) is 5.75 Å². The van der Waals surface area contributed by atoms with Crippen LogP contribution in [0.4, 0.5) is 13.2 Å². The molecule has 0 radical (unpaired) electrons. The van der Waals surface area contributed by atoms with Crippen molar-refractivity contribution in [2.75, 3.05) is 13.2 Å². The molecule has 0 saturated carbocycles. The van der Waals surface area contributed by atoms with Crippen molar-refractivity contribution >= 4 is 5.97 Å². The SMILES string of the molecule is CC(COCCC(=O)O)Oc1cn[nH]c(=O)c1C(F)(F)F. The highest BCUT2D eigenvalue weighted by Crippen LogP contribution is 2.33. The Morgan fingerprint density at radius 1 is 1.52 bits per heavy atom. The predicted octanol–water partition coefficient (Wildman–Crippen LogP) is 1.05.